The van der Waals surface area contributed by atoms with Gasteiger partial charge in [-0.2, -0.15) is 0 Å². The van der Waals surface area contributed by atoms with Crippen LogP contribution in [0.4, 0.5) is 10.1 Å². The minimum atomic E-state index is -4.12. The summed E-state index contributed by atoms with van der Waals surface area (Å²) >= 11 is 5.89. The number of amides is 1. The largest absolute Gasteiger partial charge is 0.497 e. The number of hydrogen-bond acceptors (Lipinski definition) is 4. The first-order valence-corrected chi connectivity index (χ1v) is 12.0. The van der Waals surface area contributed by atoms with Crippen LogP contribution in [-0.2, 0) is 14.8 Å². The Balaban J connectivity index is 1.90. The minimum Gasteiger partial charge on any atom is -0.497 e. The number of anilines is 1. The van der Waals surface area contributed by atoms with E-state index in [1.165, 1.54) is 24.3 Å². The molecule has 0 aromatic heterocycles. The lowest BCUT2D eigenvalue weighted by Gasteiger charge is -2.26. The van der Waals surface area contributed by atoms with Gasteiger partial charge in [-0.1, -0.05) is 48.9 Å². The van der Waals surface area contributed by atoms with Gasteiger partial charge in [0, 0.05) is 0 Å². The molecule has 3 aromatic rings. The van der Waals surface area contributed by atoms with Crippen molar-refractivity contribution < 1.29 is 22.3 Å². The number of rotatable bonds is 9. The highest BCUT2D eigenvalue weighted by Crippen LogP contribution is 2.28. The molecule has 1 amide bonds. The summed E-state index contributed by atoms with van der Waals surface area (Å²) in [5.74, 6) is -0.515. The third-order valence-corrected chi connectivity index (χ3v) is 7.15. The van der Waals surface area contributed by atoms with Crippen molar-refractivity contribution in [1.82, 2.24) is 5.32 Å². The molecule has 1 atom stereocenters. The molecule has 3 rings (SSSR count). The predicted octanol–water partition coefficient (Wildman–Crippen LogP) is 4.95. The molecule has 0 aliphatic rings. The summed E-state index contributed by atoms with van der Waals surface area (Å²) < 4.78 is 46.5. The summed E-state index contributed by atoms with van der Waals surface area (Å²) in [6.07, 6.45) is 0.589. The van der Waals surface area contributed by atoms with Crippen molar-refractivity contribution in [3.05, 3.63) is 89.2 Å². The van der Waals surface area contributed by atoms with Crippen LogP contribution in [0.1, 0.15) is 24.9 Å². The van der Waals surface area contributed by atoms with Crippen molar-refractivity contribution in [3.8, 4) is 5.75 Å². The zero-order valence-corrected chi connectivity index (χ0v) is 19.7. The van der Waals surface area contributed by atoms with Gasteiger partial charge in [-0.3, -0.25) is 9.10 Å². The third kappa shape index (κ3) is 5.83. The predicted molar refractivity (Wildman–Crippen MR) is 127 cm³/mol. The third-order valence-electron chi connectivity index (χ3n) is 5.07. The van der Waals surface area contributed by atoms with Crippen molar-refractivity contribution in [2.24, 2.45) is 0 Å². The number of hydrogen-bond donors (Lipinski definition) is 1. The number of ether oxygens (including phenoxy) is 1. The van der Waals surface area contributed by atoms with E-state index in [2.05, 4.69) is 5.32 Å². The molecule has 6 nitrogen and oxygen atoms in total. The van der Waals surface area contributed by atoms with E-state index in [9.17, 15) is 17.6 Å². The Morgan fingerprint density at radius 3 is 2.33 bits per heavy atom. The normalized spacial score (nSPS) is 12.1. The second-order valence-electron chi connectivity index (χ2n) is 7.22. The number of carbonyl (C=O) groups excluding carboxylic acids is 1. The van der Waals surface area contributed by atoms with E-state index in [0.29, 0.717) is 12.2 Å². The van der Waals surface area contributed by atoms with E-state index in [0.717, 1.165) is 15.9 Å². The van der Waals surface area contributed by atoms with Gasteiger partial charge < -0.3 is 10.1 Å². The molecule has 9 heteroatoms. The fourth-order valence-electron chi connectivity index (χ4n) is 3.30. The second kappa shape index (κ2) is 10.7. The van der Waals surface area contributed by atoms with E-state index in [-0.39, 0.29) is 21.6 Å². The highest BCUT2D eigenvalue weighted by atomic mass is 35.5. The fourth-order valence-corrected chi connectivity index (χ4v) is 4.91. The Morgan fingerprint density at radius 2 is 1.76 bits per heavy atom. The first kappa shape index (κ1) is 24.5. The molecule has 0 unspecified atom stereocenters. The Hall–Kier alpha value is -3.10. The van der Waals surface area contributed by atoms with Crippen molar-refractivity contribution in [1.29, 1.82) is 0 Å². The van der Waals surface area contributed by atoms with Crippen LogP contribution in [0.2, 0.25) is 5.02 Å². The van der Waals surface area contributed by atoms with E-state index in [4.69, 9.17) is 16.3 Å². The molecule has 0 spiro atoms. The standard InChI is InChI=1S/C24H24ClFN2O4S/c1-3-23(17-9-12-19(32-2)13-10-17)27-24(29)16-28(18-11-14-22(26)21(25)15-18)33(30,31)20-7-5-4-6-8-20/h4-15,23H,3,16H2,1-2H3,(H,27,29)/t23-/m1/s1. The molecule has 1 N–H and O–H groups in total. The van der Waals surface area contributed by atoms with Gasteiger partial charge in [0.15, 0.2) is 0 Å². The molecule has 3 aromatic carbocycles. The molecule has 0 bridgehead atoms. The maximum atomic E-state index is 13.7. The molecule has 0 heterocycles. The van der Waals surface area contributed by atoms with Crippen molar-refractivity contribution in [2.45, 2.75) is 24.3 Å². The smallest absolute Gasteiger partial charge is 0.264 e. The number of carbonyl (C=O) groups is 1. The van der Waals surface area contributed by atoms with Crippen LogP contribution in [0.15, 0.2) is 77.7 Å². The lowest BCUT2D eigenvalue weighted by Crippen LogP contribution is -2.42. The van der Waals surface area contributed by atoms with Crippen LogP contribution < -0.4 is 14.4 Å². The summed E-state index contributed by atoms with van der Waals surface area (Å²) in [5, 5.41) is 2.63. The molecule has 33 heavy (non-hydrogen) atoms. The van der Waals surface area contributed by atoms with Crippen LogP contribution in [0.5, 0.6) is 5.75 Å². The molecule has 0 saturated heterocycles. The lowest BCUT2D eigenvalue weighted by molar-refractivity contribution is -0.120. The van der Waals surface area contributed by atoms with Gasteiger partial charge in [-0.25, -0.2) is 12.8 Å². The molecule has 0 aliphatic carbocycles. The summed E-state index contributed by atoms with van der Waals surface area (Å²) in [7, 11) is -2.55. The lowest BCUT2D eigenvalue weighted by atomic mass is 10.0. The van der Waals surface area contributed by atoms with Crippen molar-refractivity contribution >= 4 is 33.2 Å². The van der Waals surface area contributed by atoms with E-state index in [1.807, 2.05) is 19.1 Å². The minimum absolute atomic E-state index is 0.000411. The molecular formula is C24H24ClFN2O4S. The molecule has 0 aliphatic heterocycles. The Labute approximate surface area is 198 Å². The van der Waals surface area contributed by atoms with Gasteiger partial charge >= 0.3 is 0 Å². The zero-order chi connectivity index (χ0) is 24.0. The monoisotopic (exact) mass is 490 g/mol. The highest BCUT2D eigenvalue weighted by Gasteiger charge is 2.28. The molecule has 174 valence electrons. The average Bonchev–Trinajstić information content (AvgIpc) is 2.83. The second-order valence-corrected chi connectivity index (χ2v) is 9.49. The van der Waals surface area contributed by atoms with Gasteiger partial charge in [-0.05, 0) is 54.4 Å². The number of methoxy groups -OCH3 is 1. The maximum absolute atomic E-state index is 13.7. The van der Waals surface area contributed by atoms with Gasteiger partial charge in [-0.15, -0.1) is 0 Å². The SMILES string of the molecule is CC[C@@H](NC(=O)CN(c1ccc(F)c(Cl)c1)S(=O)(=O)c1ccccc1)c1ccc(OC)cc1. The summed E-state index contributed by atoms with van der Waals surface area (Å²) in [5.41, 5.74) is 0.937. The topological polar surface area (TPSA) is 75.7 Å². The van der Waals surface area contributed by atoms with Crippen molar-refractivity contribution in [2.75, 3.05) is 18.0 Å². The Bertz CT molecular complexity index is 1200. The number of halogens is 2. The van der Waals surface area contributed by atoms with Gasteiger partial charge in [0.25, 0.3) is 10.0 Å². The summed E-state index contributed by atoms with van der Waals surface area (Å²) in [4.78, 5) is 13.0. The summed E-state index contributed by atoms with van der Waals surface area (Å²) in [6.45, 7) is 1.40. The average molecular weight is 491 g/mol. The maximum Gasteiger partial charge on any atom is 0.264 e. The Morgan fingerprint density at radius 1 is 1.09 bits per heavy atom. The van der Waals surface area contributed by atoms with Crippen LogP contribution in [0.3, 0.4) is 0 Å². The van der Waals surface area contributed by atoms with Gasteiger partial charge in [0.05, 0.1) is 28.8 Å². The first-order chi connectivity index (χ1) is 15.8. The first-order valence-electron chi connectivity index (χ1n) is 10.2. The molecular weight excluding hydrogens is 467 g/mol. The van der Waals surface area contributed by atoms with Crippen molar-refractivity contribution in [3.63, 3.8) is 0 Å². The van der Waals surface area contributed by atoms with E-state index in [1.54, 1.807) is 37.4 Å². The molecule has 0 fully saturated rings. The Kier molecular flexibility index (Phi) is 7.94. The molecule has 0 radical (unpaired) electrons. The van der Waals surface area contributed by atoms with Gasteiger partial charge in [0.2, 0.25) is 5.91 Å². The zero-order valence-electron chi connectivity index (χ0n) is 18.2. The number of nitrogens with one attached hydrogen (secondary N) is 1. The molecule has 0 saturated carbocycles. The van der Waals surface area contributed by atoms with Crippen LogP contribution in [0, 0.1) is 5.82 Å². The number of sulfonamides is 1. The highest BCUT2D eigenvalue weighted by molar-refractivity contribution is 7.92. The fraction of sp³-hybridized carbons (Fsp3) is 0.208. The van der Waals surface area contributed by atoms with E-state index < -0.39 is 28.3 Å². The van der Waals surface area contributed by atoms with Crippen LogP contribution >= 0.6 is 11.6 Å². The van der Waals surface area contributed by atoms with E-state index >= 15 is 0 Å². The number of nitrogens with zero attached hydrogens (tertiary/aromatic N) is 1. The number of benzene rings is 3. The van der Waals surface area contributed by atoms with Gasteiger partial charge in [0.1, 0.15) is 18.1 Å². The summed E-state index contributed by atoms with van der Waals surface area (Å²) in [6, 6.07) is 18.2. The quantitative estimate of drug-likeness (QED) is 0.460. The van der Waals surface area contributed by atoms with Crippen LogP contribution in [0.25, 0.3) is 0 Å². The van der Waals surface area contributed by atoms with Crippen LogP contribution in [-0.4, -0.2) is 28.0 Å².